The lowest BCUT2D eigenvalue weighted by atomic mass is 10.0. The van der Waals surface area contributed by atoms with Crippen molar-refractivity contribution in [1.29, 1.82) is 0 Å². The van der Waals surface area contributed by atoms with Crippen LogP contribution >= 0.6 is 0 Å². The maximum atomic E-state index is 12.3. The lowest BCUT2D eigenvalue weighted by molar-refractivity contribution is -0.140. The van der Waals surface area contributed by atoms with Crippen LogP contribution in [0.1, 0.15) is 63.9 Å². The van der Waals surface area contributed by atoms with Crippen LogP contribution < -0.4 is 5.32 Å². The molecule has 0 bridgehead atoms. The van der Waals surface area contributed by atoms with Gasteiger partial charge in [0.1, 0.15) is 0 Å². The topological polar surface area (TPSA) is 81.7 Å². The molecule has 0 spiro atoms. The fourth-order valence-corrected chi connectivity index (χ4v) is 3.37. The number of rotatable bonds is 15. The highest BCUT2D eigenvalue weighted by molar-refractivity contribution is 5.89. The molecule has 6 heteroatoms. The van der Waals surface area contributed by atoms with E-state index >= 15 is 0 Å². The van der Waals surface area contributed by atoms with Crippen LogP contribution in [0, 0.1) is 0 Å². The van der Waals surface area contributed by atoms with Gasteiger partial charge in [0, 0.05) is 18.9 Å². The van der Waals surface area contributed by atoms with Crippen molar-refractivity contribution in [2.24, 2.45) is 0 Å². The molecule has 0 aromatic heterocycles. The zero-order chi connectivity index (χ0) is 23.6. The minimum Gasteiger partial charge on any atom is -0.469 e. The molecule has 1 atom stereocenters. The average molecular weight is 444 g/mol. The predicted octanol–water partition coefficient (Wildman–Crippen LogP) is 4.68. The minimum atomic E-state index is -0.385. The van der Waals surface area contributed by atoms with E-state index in [0.29, 0.717) is 24.8 Å². The van der Waals surface area contributed by atoms with Crippen molar-refractivity contribution in [3.8, 4) is 0 Å². The van der Waals surface area contributed by atoms with Gasteiger partial charge in [-0.1, -0.05) is 67.8 Å². The molecule has 0 unspecified atom stereocenters. The number of hydrogen-bond acceptors (Lipinski definition) is 5. The molecule has 1 aromatic carbocycles. The molecule has 176 valence electrons. The van der Waals surface area contributed by atoms with Gasteiger partial charge >= 0.3 is 11.9 Å². The summed E-state index contributed by atoms with van der Waals surface area (Å²) in [7, 11) is 2.78. The lowest BCUT2D eigenvalue weighted by Crippen LogP contribution is -2.34. The summed E-state index contributed by atoms with van der Waals surface area (Å²) in [6, 6.07) is 9.55. The Bertz CT molecular complexity index is 755. The normalized spacial score (nSPS) is 12.4. The van der Waals surface area contributed by atoms with Gasteiger partial charge < -0.3 is 14.8 Å². The van der Waals surface area contributed by atoms with Gasteiger partial charge in [-0.3, -0.25) is 9.59 Å². The van der Waals surface area contributed by atoms with E-state index in [4.69, 9.17) is 4.74 Å². The van der Waals surface area contributed by atoms with Crippen LogP contribution in [0.15, 0.2) is 54.1 Å². The number of carbonyl (C=O) groups excluding carboxylic acids is 3. The fraction of sp³-hybridized carbons (Fsp3) is 0.500. The van der Waals surface area contributed by atoms with E-state index in [0.717, 1.165) is 44.1 Å². The number of nitrogens with one attached hydrogen (secondary N) is 1. The van der Waals surface area contributed by atoms with Gasteiger partial charge in [-0.2, -0.15) is 0 Å². The quantitative estimate of drug-likeness (QED) is 0.184. The second-order valence-electron chi connectivity index (χ2n) is 7.74. The minimum absolute atomic E-state index is 0.145. The molecule has 0 fully saturated rings. The average Bonchev–Trinajstić information content (AvgIpc) is 2.78. The molecule has 0 radical (unpaired) electrons. The summed E-state index contributed by atoms with van der Waals surface area (Å²) in [5.41, 5.74) is 1.61. The van der Waals surface area contributed by atoms with Gasteiger partial charge in [0.15, 0.2) is 0 Å². The number of ether oxygens (including phenoxy) is 2. The Balaban J connectivity index is 2.53. The molecule has 1 N–H and O–H groups in total. The third kappa shape index (κ3) is 12.7. The maximum Gasteiger partial charge on any atom is 0.333 e. The standard InChI is InChI=1S/C26H37NO5/c1-21(28)27-24(19-22-15-11-10-12-16-22)20-23(26(30)32-3)17-13-8-6-4-5-7-9-14-18-25(29)31-2/h8,10-13,15-16,20,24H,4-7,9,14,17-19H2,1-3H3,(H,27,28)/b13-8+,23-20-/t24-/m0/s1. The van der Waals surface area contributed by atoms with Gasteiger partial charge in [0.05, 0.1) is 20.3 Å². The van der Waals surface area contributed by atoms with Crippen molar-refractivity contribution in [1.82, 2.24) is 5.32 Å². The van der Waals surface area contributed by atoms with Crippen molar-refractivity contribution >= 4 is 17.8 Å². The molecule has 1 amide bonds. The smallest absolute Gasteiger partial charge is 0.333 e. The first-order valence-corrected chi connectivity index (χ1v) is 11.3. The molecule has 0 aliphatic heterocycles. The molecule has 6 nitrogen and oxygen atoms in total. The van der Waals surface area contributed by atoms with Gasteiger partial charge in [0.25, 0.3) is 0 Å². The monoisotopic (exact) mass is 443 g/mol. The molecule has 32 heavy (non-hydrogen) atoms. The fourth-order valence-electron chi connectivity index (χ4n) is 3.37. The summed E-state index contributed by atoms with van der Waals surface area (Å²) in [6.45, 7) is 1.47. The summed E-state index contributed by atoms with van der Waals surface area (Å²) in [5, 5.41) is 2.91. The Morgan fingerprint density at radius 2 is 1.62 bits per heavy atom. The van der Waals surface area contributed by atoms with E-state index in [1.807, 2.05) is 36.4 Å². The Hall–Kier alpha value is -2.89. The highest BCUT2D eigenvalue weighted by Gasteiger charge is 2.14. The number of carbonyl (C=O) groups is 3. The van der Waals surface area contributed by atoms with Crippen molar-refractivity contribution < 1.29 is 23.9 Å². The van der Waals surface area contributed by atoms with Crippen molar-refractivity contribution in [3.05, 3.63) is 59.7 Å². The summed E-state index contributed by atoms with van der Waals surface area (Å²) >= 11 is 0. The number of amides is 1. The van der Waals surface area contributed by atoms with Crippen LogP contribution in [0.4, 0.5) is 0 Å². The van der Waals surface area contributed by atoms with Crippen LogP contribution in [0.5, 0.6) is 0 Å². The van der Waals surface area contributed by atoms with Crippen LogP contribution in [0.25, 0.3) is 0 Å². The first-order valence-electron chi connectivity index (χ1n) is 11.3. The van der Waals surface area contributed by atoms with Crippen LogP contribution in [0.3, 0.4) is 0 Å². The van der Waals surface area contributed by atoms with Gasteiger partial charge in [-0.25, -0.2) is 4.79 Å². The van der Waals surface area contributed by atoms with E-state index in [2.05, 4.69) is 16.1 Å². The SMILES string of the molecule is COC(=O)CCCCCCC/C=C/C/C(=C/[C@H](Cc1ccccc1)NC(C)=O)C(=O)OC. The number of hydrogen-bond donors (Lipinski definition) is 1. The van der Waals surface area contributed by atoms with Gasteiger partial charge in [-0.05, 0) is 37.7 Å². The lowest BCUT2D eigenvalue weighted by Gasteiger charge is -2.16. The highest BCUT2D eigenvalue weighted by atomic mass is 16.5. The van der Waals surface area contributed by atoms with Crippen molar-refractivity contribution in [2.45, 2.75) is 70.8 Å². The van der Waals surface area contributed by atoms with Crippen LogP contribution in [0.2, 0.25) is 0 Å². The Morgan fingerprint density at radius 1 is 0.938 bits per heavy atom. The Labute approximate surface area is 192 Å². The largest absolute Gasteiger partial charge is 0.469 e. The molecule has 0 aliphatic carbocycles. The third-order valence-electron chi connectivity index (χ3n) is 5.02. The first-order chi connectivity index (χ1) is 15.5. The molecule has 0 heterocycles. The number of unbranched alkanes of at least 4 members (excludes halogenated alkanes) is 5. The summed E-state index contributed by atoms with van der Waals surface area (Å²) in [5.74, 6) is -0.677. The van der Waals surface area contributed by atoms with Crippen LogP contribution in [-0.4, -0.2) is 38.1 Å². The molecule has 1 rings (SSSR count). The molecular formula is C26H37NO5. The summed E-state index contributed by atoms with van der Waals surface area (Å²) < 4.78 is 9.57. The first kappa shape index (κ1) is 27.1. The summed E-state index contributed by atoms with van der Waals surface area (Å²) in [6.07, 6.45) is 13.5. The number of benzene rings is 1. The summed E-state index contributed by atoms with van der Waals surface area (Å²) in [4.78, 5) is 35.0. The Morgan fingerprint density at radius 3 is 2.28 bits per heavy atom. The second kappa shape index (κ2) is 16.8. The Kier molecular flexibility index (Phi) is 14.2. The number of allylic oxidation sites excluding steroid dienone is 2. The molecule has 0 saturated heterocycles. The second-order valence-corrected chi connectivity index (χ2v) is 7.74. The zero-order valence-corrected chi connectivity index (χ0v) is 19.6. The molecular weight excluding hydrogens is 406 g/mol. The van der Waals surface area contributed by atoms with E-state index in [9.17, 15) is 14.4 Å². The van der Waals surface area contributed by atoms with Crippen molar-refractivity contribution in [3.63, 3.8) is 0 Å². The maximum absolute atomic E-state index is 12.3. The molecule has 0 aliphatic rings. The van der Waals surface area contributed by atoms with Crippen molar-refractivity contribution in [2.75, 3.05) is 14.2 Å². The molecule has 1 aromatic rings. The zero-order valence-electron chi connectivity index (χ0n) is 19.6. The van der Waals surface area contributed by atoms with E-state index in [1.165, 1.54) is 21.1 Å². The van der Waals surface area contributed by atoms with E-state index in [-0.39, 0.29) is 23.9 Å². The van der Waals surface area contributed by atoms with Crippen LogP contribution in [-0.2, 0) is 30.3 Å². The number of esters is 2. The number of methoxy groups -OCH3 is 2. The molecule has 0 saturated carbocycles. The highest BCUT2D eigenvalue weighted by Crippen LogP contribution is 2.13. The van der Waals surface area contributed by atoms with E-state index < -0.39 is 0 Å². The third-order valence-corrected chi connectivity index (χ3v) is 5.02. The van der Waals surface area contributed by atoms with E-state index in [1.54, 1.807) is 6.08 Å². The van der Waals surface area contributed by atoms with Gasteiger partial charge in [-0.15, -0.1) is 0 Å². The van der Waals surface area contributed by atoms with Gasteiger partial charge in [0.2, 0.25) is 5.91 Å². The predicted molar refractivity (Wildman–Crippen MR) is 126 cm³/mol.